The first-order valence-electron chi connectivity index (χ1n) is 15.5. The van der Waals surface area contributed by atoms with Gasteiger partial charge >= 0.3 is 12.4 Å². The SMILES string of the molecule is CCCN.CCCNc1ccc(C(=O)Nc2cccc(OC)c2)cc1C(F)(F)F.COc1cccc(NC(=O)c2ccc(F)c(C(F)(F)F)c2)c1. The number of alkyl halides is 6. The van der Waals surface area contributed by atoms with Crippen molar-refractivity contribution in [3.63, 3.8) is 0 Å². The van der Waals surface area contributed by atoms with E-state index in [0.29, 0.717) is 48.0 Å². The lowest BCUT2D eigenvalue weighted by molar-refractivity contribution is -0.140. The average molecular weight is 725 g/mol. The predicted molar refractivity (Wildman–Crippen MR) is 183 cm³/mol. The van der Waals surface area contributed by atoms with Crippen LogP contribution in [-0.2, 0) is 12.4 Å². The van der Waals surface area contributed by atoms with Gasteiger partial charge in [-0.05, 0) is 80.1 Å². The van der Waals surface area contributed by atoms with Crippen molar-refractivity contribution < 1.29 is 49.8 Å². The van der Waals surface area contributed by atoms with Crippen LogP contribution in [0.2, 0.25) is 0 Å². The van der Waals surface area contributed by atoms with Crippen LogP contribution in [0, 0.1) is 5.82 Å². The molecule has 0 atom stereocenters. The summed E-state index contributed by atoms with van der Waals surface area (Å²) in [5, 5.41) is 7.72. The molecule has 0 aromatic heterocycles. The van der Waals surface area contributed by atoms with Gasteiger partial charge in [0, 0.05) is 46.9 Å². The van der Waals surface area contributed by atoms with Gasteiger partial charge in [0.1, 0.15) is 17.3 Å². The van der Waals surface area contributed by atoms with Crippen LogP contribution >= 0.6 is 0 Å². The molecular weight excluding hydrogens is 685 g/mol. The van der Waals surface area contributed by atoms with E-state index in [1.165, 1.54) is 32.4 Å². The van der Waals surface area contributed by atoms with E-state index < -0.39 is 41.1 Å². The first kappa shape index (κ1) is 41.9. The second kappa shape index (κ2) is 19.8. The molecule has 0 heterocycles. The molecule has 2 amide bonds. The van der Waals surface area contributed by atoms with Crippen LogP contribution in [0.15, 0.2) is 84.9 Å². The Balaban J connectivity index is 0.000000322. The minimum Gasteiger partial charge on any atom is -0.497 e. The quantitative estimate of drug-likeness (QED) is 0.121. The summed E-state index contributed by atoms with van der Waals surface area (Å²) in [6.45, 7) is 5.15. The van der Waals surface area contributed by atoms with E-state index in [2.05, 4.69) is 22.9 Å². The number of anilines is 3. The van der Waals surface area contributed by atoms with Gasteiger partial charge in [0.05, 0.1) is 25.3 Å². The number of nitrogens with two attached hydrogens (primary N) is 1. The number of benzene rings is 4. The summed E-state index contributed by atoms with van der Waals surface area (Å²) in [6.07, 6.45) is -7.63. The molecule has 4 aromatic carbocycles. The van der Waals surface area contributed by atoms with E-state index in [-0.39, 0.29) is 16.8 Å². The maximum absolute atomic E-state index is 13.3. The first-order valence-corrected chi connectivity index (χ1v) is 15.5. The molecule has 4 aromatic rings. The van der Waals surface area contributed by atoms with Crippen LogP contribution in [0.25, 0.3) is 0 Å². The highest BCUT2D eigenvalue weighted by Gasteiger charge is 2.35. The number of carbonyl (C=O) groups is 2. The molecule has 0 radical (unpaired) electrons. The summed E-state index contributed by atoms with van der Waals surface area (Å²) >= 11 is 0. The third-order valence-electron chi connectivity index (χ3n) is 6.63. The highest BCUT2D eigenvalue weighted by molar-refractivity contribution is 6.05. The van der Waals surface area contributed by atoms with Crippen LogP contribution in [0.3, 0.4) is 0 Å². The van der Waals surface area contributed by atoms with E-state index in [0.717, 1.165) is 25.1 Å². The second-order valence-corrected chi connectivity index (χ2v) is 10.5. The van der Waals surface area contributed by atoms with Crippen molar-refractivity contribution >= 4 is 28.9 Å². The van der Waals surface area contributed by atoms with Crippen molar-refractivity contribution in [1.82, 2.24) is 0 Å². The molecule has 0 aliphatic rings. The molecule has 0 bridgehead atoms. The number of amides is 2. The van der Waals surface area contributed by atoms with E-state index in [9.17, 15) is 40.3 Å². The molecule has 5 N–H and O–H groups in total. The minimum absolute atomic E-state index is 0.0349. The van der Waals surface area contributed by atoms with Crippen molar-refractivity contribution in [2.45, 2.75) is 39.0 Å². The molecule has 15 heteroatoms. The normalized spacial score (nSPS) is 10.8. The van der Waals surface area contributed by atoms with Gasteiger partial charge in [-0.3, -0.25) is 9.59 Å². The van der Waals surface area contributed by atoms with E-state index >= 15 is 0 Å². The zero-order chi connectivity index (χ0) is 38.2. The third kappa shape index (κ3) is 13.5. The van der Waals surface area contributed by atoms with Gasteiger partial charge in [-0.25, -0.2) is 4.39 Å². The predicted octanol–water partition coefficient (Wildman–Crippen LogP) is 9.25. The summed E-state index contributed by atoms with van der Waals surface area (Å²) in [4.78, 5) is 24.2. The Morgan fingerprint density at radius 2 is 1.12 bits per heavy atom. The number of nitrogens with one attached hydrogen (secondary N) is 3. The summed E-state index contributed by atoms with van der Waals surface area (Å²) in [5.41, 5.74) is 3.07. The van der Waals surface area contributed by atoms with Crippen molar-refractivity contribution in [3.05, 3.63) is 113 Å². The number of hydrogen-bond acceptors (Lipinski definition) is 6. The zero-order valence-electron chi connectivity index (χ0n) is 28.3. The number of methoxy groups -OCH3 is 2. The number of ether oxygens (including phenoxy) is 2. The summed E-state index contributed by atoms with van der Waals surface area (Å²) in [5.74, 6) is -1.81. The molecular formula is C36H39F7N4O4. The van der Waals surface area contributed by atoms with Gasteiger partial charge in [-0.2, -0.15) is 26.3 Å². The molecule has 0 fully saturated rings. The van der Waals surface area contributed by atoms with Crippen LogP contribution in [-0.4, -0.2) is 39.1 Å². The molecule has 0 saturated heterocycles. The molecule has 0 unspecified atom stereocenters. The molecule has 8 nitrogen and oxygen atoms in total. The van der Waals surface area contributed by atoms with Gasteiger partial charge in [0.25, 0.3) is 11.8 Å². The summed E-state index contributed by atoms with van der Waals surface area (Å²) in [6, 6.07) is 18.5. The Hall–Kier alpha value is -5.31. The van der Waals surface area contributed by atoms with Crippen LogP contribution < -0.4 is 31.2 Å². The lowest BCUT2D eigenvalue weighted by Gasteiger charge is -2.16. The number of rotatable bonds is 10. The molecule has 0 spiro atoms. The molecule has 0 aliphatic carbocycles. The third-order valence-corrected chi connectivity index (χ3v) is 6.63. The van der Waals surface area contributed by atoms with Crippen molar-refractivity contribution in [3.8, 4) is 11.5 Å². The largest absolute Gasteiger partial charge is 0.497 e. The number of halogens is 7. The standard InChI is InChI=1S/C18H19F3N2O2.C15H11F4NO2.C3H9N/c1-3-9-22-16-8-7-12(10-15(16)18(19,20)21)17(24)23-13-5-4-6-14(11-13)25-2;1-22-11-4-2-3-10(8-11)20-14(21)9-5-6-13(16)12(7-9)15(17,18)19;1-2-3-4/h4-8,10-11,22H,3,9H2,1-2H3,(H,23,24);2-8H,1H3,(H,20,21);2-4H2,1H3. The highest BCUT2D eigenvalue weighted by Crippen LogP contribution is 2.36. The van der Waals surface area contributed by atoms with Gasteiger partial charge in [0.2, 0.25) is 0 Å². The molecule has 51 heavy (non-hydrogen) atoms. The van der Waals surface area contributed by atoms with Crippen molar-refractivity contribution in [2.75, 3.05) is 43.3 Å². The first-order chi connectivity index (χ1) is 24.1. The Bertz CT molecular complexity index is 1730. The Morgan fingerprint density at radius 1 is 0.667 bits per heavy atom. The smallest absolute Gasteiger partial charge is 0.419 e. The monoisotopic (exact) mass is 724 g/mol. The lowest BCUT2D eigenvalue weighted by Crippen LogP contribution is -2.16. The van der Waals surface area contributed by atoms with Crippen LogP contribution in [0.4, 0.5) is 47.8 Å². The lowest BCUT2D eigenvalue weighted by atomic mass is 10.1. The molecule has 276 valence electrons. The molecule has 0 aliphatic heterocycles. The van der Waals surface area contributed by atoms with E-state index in [1.807, 2.05) is 6.92 Å². The van der Waals surface area contributed by atoms with Crippen molar-refractivity contribution in [1.29, 1.82) is 0 Å². The average Bonchev–Trinajstić information content (AvgIpc) is 3.10. The fourth-order valence-electron chi connectivity index (χ4n) is 4.03. The van der Waals surface area contributed by atoms with Crippen molar-refractivity contribution in [2.24, 2.45) is 5.73 Å². The fraction of sp³-hybridized carbons (Fsp3) is 0.278. The fourth-order valence-corrected chi connectivity index (χ4v) is 4.03. The van der Waals surface area contributed by atoms with Crippen LogP contribution in [0.5, 0.6) is 11.5 Å². The van der Waals surface area contributed by atoms with E-state index in [4.69, 9.17) is 15.2 Å². The van der Waals surface area contributed by atoms with E-state index in [1.54, 1.807) is 42.5 Å². The van der Waals surface area contributed by atoms with Gasteiger partial charge in [-0.1, -0.05) is 26.0 Å². The molecule has 0 saturated carbocycles. The molecule has 4 rings (SSSR count). The topological polar surface area (TPSA) is 115 Å². The second-order valence-electron chi connectivity index (χ2n) is 10.5. The van der Waals surface area contributed by atoms with Gasteiger partial charge in [0.15, 0.2) is 0 Å². The number of carbonyl (C=O) groups excluding carboxylic acids is 2. The zero-order valence-corrected chi connectivity index (χ0v) is 28.3. The Labute approximate surface area is 291 Å². The Morgan fingerprint density at radius 3 is 1.53 bits per heavy atom. The minimum atomic E-state index is -4.86. The summed E-state index contributed by atoms with van der Waals surface area (Å²) < 4.78 is 101. The maximum Gasteiger partial charge on any atom is 0.419 e. The maximum atomic E-state index is 13.3. The van der Waals surface area contributed by atoms with Crippen LogP contribution in [0.1, 0.15) is 58.5 Å². The van der Waals surface area contributed by atoms with Gasteiger partial charge in [-0.15, -0.1) is 0 Å². The highest BCUT2D eigenvalue weighted by atomic mass is 19.4. The Kier molecular flexibility index (Phi) is 16.2. The summed E-state index contributed by atoms with van der Waals surface area (Å²) in [7, 11) is 2.93. The number of hydrogen-bond donors (Lipinski definition) is 4. The van der Waals surface area contributed by atoms with Gasteiger partial charge < -0.3 is 31.2 Å².